The first-order valence-corrected chi connectivity index (χ1v) is 9.15. The third-order valence-electron chi connectivity index (χ3n) is 3.97. The van der Waals surface area contributed by atoms with Gasteiger partial charge in [0.05, 0.1) is 16.1 Å². The Morgan fingerprint density at radius 1 is 0.960 bits per heavy atom. The number of pyridine rings is 1. The van der Waals surface area contributed by atoms with Crippen molar-refractivity contribution in [2.75, 3.05) is 26.2 Å². The zero-order chi connectivity index (χ0) is 18.0. The molecule has 130 valence electrons. The third kappa shape index (κ3) is 4.14. The van der Waals surface area contributed by atoms with E-state index in [0.29, 0.717) is 47.4 Å². The van der Waals surface area contributed by atoms with E-state index in [9.17, 15) is 9.59 Å². The number of hydrogen-bond acceptors (Lipinski definition) is 3. The number of nitrogens with zero attached hydrogens (tertiary/aromatic N) is 3. The van der Waals surface area contributed by atoms with E-state index in [2.05, 4.69) is 20.9 Å². The molecule has 1 aromatic heterocycles. The Morgan fingerprint density at radius 2 is 1.60 bits per heavy atom. The molecular weight excluding hydrogens is 429 g/mol. The van der Waals surface area contributed by atoms with Crippen LogP contribution in [0.5, 0.6) is 0 Å². The van der Waals surface area contributed by atoms with Gasteiger partial charge in [0.15, 0.2) is 0 Å². The summed E-state index contributed by atoms with van der Waals surface area (Å²) in [4.78, 5) is 32.5. The van der Waals surface area contributed by atoms with Crippen LogP contribution in [0.3, 0.4) is 0 Å². The van der Waals surface area contributed by atoms with Gasteiger partial charge in [0.2, 0.25) is 0 Å². The maximum absolute atomic E-state index is 12.6. The molecule has 3 rings (SSSR count). The highest BCUT2D eigenvalue weighted by atomic mass is 79.9. The molecule has 0 atom stereocenters. The standard InChI is InChI=1S/C17H14BrCl2N3O2/c18-12-7-11(9-21-10-12)16(24)22-3-5-23(6-4-22)17(25)14-2-1-13(19)8-15(14)20/h1-2,7-10H,3-6H2. The van der Waals surface area contributed by atoms with Crippen molar-refractivity contribution >= 4 is 50.9 Å². The molecule has 0 aliphatic carbocycles. The quantitative estimate of drug-likeness (QED) is 0.711. The van der Waals surface area contributed by atoms with Crippen LogP contribution >= 0.6 is 39.1 Å². The number of carbonyl (C=O) groups is 2. The topological polar surface area (TPSA) is 53.5 Å². The van der Waals surface area contributed by atoms with Crippen LogP contribution in [0.2, 0.25) is 10.0 Å². The Balaban J connectivity index is 1.65. The third-order valence-corrected chi connectivity index (χ3v) is 4.95. The van der Waals surface area contributed by atoms with Crippen molar-refractivity contribution in [2.24, 2.45) is 0 Å². The Hall–Kier alpha value is -1.63. The van der Waals surface area contributed by atoms with Gasteiger partial charge in [-0.05, 0) is 40.2 Å². The minimum Gasteiger partial charge on any atom is -0.335 e. The normalized spacial score (nSPS) is 14.5. The second-order valence-corrected chi connectivity index (χ2v) is 7.36. The lowest BCUT2D eigenvalue weighted by Gasteiger charge is -2.35. The van der Waals surface area contributed by atoms with E-state index in [1.54, 1.807) is 40.3 Å². The van der Waals surface area contributed by atoms with Crippen molar-refractivity contribution in [3.63, 3.8) is 0 Å². The lowest BCUT2D eigenvalue weighted by Crippen LogP contribution is -2.50. The van der Waals surface area contributed by atoms with Crippen molar-refractivity contribution in [1.82, 2.24) is 14.8 Å². The predicted molar refractivity (Wildman–Crippen MR) is 100 cm³/mol. The molecule has 2 heterocycles. The number of halogens is 3. The van der Waals surface area contributed by atoms with Crippen molar-refractivity contribution in [3.8, 4) is 0 Å². The second-order valence-electron chi connectivity index (χ2n) is 5.60. The second kappa shape index (κ2) is 7.72. The van der Waals surface area contributed by atoms with Crippen molar-refractivity contribution in [2.45, 2.75) is 0 Å². The van der Waals surface area contributed by atoms with Crippen molar-refractivity contribution < 1.29 is 9.59 Å². The number of aromatic nitrogens is 1. The van der Waals surface area contributed by atoms with E-state index in [-0.39, 0.29) is 11.8 Å². The summed E-state index contributed by atoms with van der Waals surface area (Å²) in [5, 5.41) is 0.816. The number of amides is 2. The first-order valence-electron chi connectivity index (χ1n) is 7.60. The first kappa shape index (κ1) is 18.2. The van der Waals surface area contributed by atoms with Crippen molar-refractivity contribution in [3.05, 3.63) is 62.3 Å². The van der Waals surface area contributed by atoms with E-state index in [1.807, 2.05) is 0 Å². The Bertz CT molecular complexity index is 823. The van der Waals surface area contributed by atoms with Gasteiger partial charge < -0.3 is 9.80 Å². The molecule has 2 amide bonds. The van der Waals surface area contributed by atoms with E-state index in [4.69, 9.17) is 23.2 Å². The summed E-state index contributed by atoms with van der Waals surface area (Å²) >= 11 is 15.3. The molecular formula is C17H14BrCl2N3O2. The minimum atomic E-state index is -0.155. The smallest absolute Gasteiger partial charge is 0.255 e. The summed E-state index contributed by atoms with van der Waals surface area (Å²) in [6, 6.07) is 6.55. The SMILES string of the molecule is O=C(c1cncc(Br)c1)N1CCN(C(=O)c2ccc(Cl)cc2Cl)CC1. The maximum Gasteiger partial charge on any atom is 0.255 e. The number of rotatable bonds is 2. The summed E-state index contributed by atoms with van der Waals surface area (Å²) in [6.07, 6.45) is 3.17. The van der Waals surface area contributed by atoms with Gasteiger partial charge in [-0.1, -0.05) is 23.2 Å². The van der Waals surface area contributed by atoms with Gasteiger partial charge in [0.1, 0.15) is 0 Å². The molecule has 1 aliphatic heterocycles. The average Bonchev–Trinajstić information content (AvgIpc) is 2.61. The molecule has 0 N–H and O–H groups in total. The Kier molecular flexibility index (Phi) is 5.61. The zero-order valence-electron chi connectivity index (χ0n) is 13.1. The fraction of sp³-hybridized carbons (Fsp3) is 0.235. The van der Waals surface area contributed by atoms with E-state index < -0.39 is 0 Å². The van der Waals surface area contributed by atoms with Crippen molar-refractivity contribution in [1.29, 1.82) is 0 Å². The number of benzene rings is 1. The van der Waals surface area contributed by atoms with Crippen LogP contribution in [0.15, 0.2) is 41.1 Å². The summed E-state index contributed by atoms with van der Waals surface area (Å²) < 4.78 is 0.754. The van der Waals surface area contributed by atoms with Gasteiger partial charge in [0, 0.05) is 48.1 Å². The summed E-state index contributed by atoms with van der Waals surface area (Å²) in [5.74, 6) is -0.247. The van der Waals surface area contributed by atoms with Crippen LogP contribution < -0.4 is 0 Å². The monoisotopic (exact) mass is 441 g/mol. The molecule has 1 aromatic carbocycles. The minimum absolute atomic E-state index is 0.0922. The molecule has 1 fully saturated rings. The number of carbonyl (C=O) groups excluding carboxylic acids is 2. The highest BCUT2D eigenvalue weighted by Crippen LogP contribution is 2.23. The molecule has 0 saturated carbocycles. The van der Waals surface area contributed by atoms with Gasteiger partial charge in [-0.2, -0.15) is 0 Å². The molecule has 5 nitrogen and oxygen atoms in total. The fourth-order valence-corrected chi connectivity index (χ4v) is 3.51. The van der Waals surface area contributed by atoms with Crippen LogP contribution in [0, 0.1) is 0 Å². The lowest BCUT2D eigenvalue weighted by atomic mass is 10.1. The van der Waals surface area contributed by atoms with Gasteiger partial charge in [-0.15, -0.1) is 0 Å². The molecule has 0 bridgehead atoms. The number of piperazine rings is 1. The zero-order valence-corrected chi connectivity index (χ0v) is 16.2. The fourth-order valence-electron chi connectivity index (χ4n) is 2.66. The lowest BCUT2D eigenvalue weighted by molar-refractivity contribution is 0.0535. The molecule has 8 heteroatoms. The average molecular weight is 443 g/mol. The van der Waals surface area contributed by atoms with Crippen LogP contribution in [0.1, 0.15) is 20.7 Å². The molecule has 2 aromatic rings. The summed E-state index contributed by atoms with van der Waals surface area (Å²) in [6.45, 7) is 1.82. The molecule has 1 saturated heterocycles. The largest absolute Gasteiger partial charge is 0.335 e. The maximum atomic E-state index is 12.6. The highest BCUT2D eigenvalue weighted by Gasteiger charge is 2.26. The van der Waals surface area contributed by atoms with E-state index in [1.165, 1.54) is 6.20 Å². The Morgan fingerprint density at radius 3 is 2.20 bits per heavy atom. The molecule has 0 unspecified atom stereocenters. The van der Waals surface area contributed by atoms with E-state index >= 15 is 0 Å². The molecule has 1 aliphatic rings. The van der Waals surface area contributed by atoms with Crippen LogP contribution in [0.25, 0.3) is 0 Å². The van der Waals surface area contributed by atoms with Gasteiger partial charge in [-0.3, -0.25) is 14.6 Å². The van der Waals surface area contributed by atoms with Crippen LogP contribution in [-0.2, 0) is 0 Å². The molecule has 0 radical (unpaired) electrons. The summed E-state index contributed by atoms with van der Waals surface area (Å²) in [5.41, 5.74) is 0.942. The van der Waals surface area contributed by atoms with Crippen LogP contribution in [-0.4, -0.2) is 52.8 Å². The summed E-state index contributed by atoms with van der Waals surface area (Å²) in [7, 11) is 0. The molecule has 0 spiro atoms. The van der Waals surface area contributed by atoms with Gasteiger partial charge in [0.25, 0.3) is 11.8 Å². The first-order chi connectivity index (χ1) is 12.0. The highest BCUT2D eigenvalue weighted by molar-refractivity contribution is 9.10. The van der Waals surface area contributed by atoms with Gasteiger partial charge >= 0.3 is 0 Å². The van der Waals surface area contributed by atoms with Gasteiger partial charge in [-0.25, -0.2) is 0 Å². The Labute approximate surface area is 163 Å². The van der Waals surface area contributed by atoms with E-state index in [0.717, 1.165) is 4.47 Å². The number of hydrogen-bond donors (Lipinski definition) is 0. The van der Waals surface area contributed by atoms with Crippen LogP contribution in [0.4, 0.5) is 0 Å². The predicted octanol–water partition coefficient (Wildman–Crippen LogP) is 3.75. The molecule has 25 heavy (non-hydrogen) atoms.